The highest BCUT2D eigenvalue weighted by atomic mass is 16.5. The number of ketones is 1. The Morgan fingerprint density at radius 3 is 2.87 bits per heavy atom. The molecule has 0 aromatic rings. The molecule has 1 spiro atoms. The first-order valence-electron chi connectivity index (χ1n) is 5.76. The first kappa shape index (κ1) is 8.31. The third kappa shape index (κ3) is 0.577. The van der Waals surface area contributed by atoms with E-state index < -0.39 is 0 Å². The molecule has 15 heavy (non-hydrogen) atoms. The normalized spacial score (nSPS) is 58.2. The summed E-state index contributed by atoms with van der Waals surface area (Å²) in [4.78, 5) is 23.6. The first-order valence-corrected chi connectivity index (χ1v) is 5.76. The maximum atomic E-state index is 11.8. The quantitative estimate of drug-likeness (QED) is 0.605. The summed E-state index contributed by atoms with van der Waals surface area (Å²) in [5.74, 6) is 1.57. The van der Waals surface area contributed by atoms with Crippen molar-refractivity contribution in [2.75, 3.05) is 7.11 Å². The van der Waals surface area contributed by atoms with Crippen molar-refractivity contribution in [3.63, 3.8) is 0 Å². The van der Waals surface area contributed by atoms with Crippen molar-refractivity contribution in [1.82, 2.24) is 0 Å². The van der Waals surface area contributed by atoms with Gasteiger partial charge in [-0.05, 0) is 37.0 Å². The van der Waals surface area contributed by atoms with Crippen LogP contribution in [-0.4, -0.2) is 18.9 Å². The number of hydrogen-bond acceptors (Lipinski definition) is 3. The highest BCUT2D eigenvalue weighted by molar-refractivity contribution is 5.97. The van der Waals surface area contributed by atoms with Gasteiger partial charge in [-0.25, -0.2) is 0 Å². The SMILES string of the molecule is COC(=O)C12CC3CC4C(=O)C(C1)C34C2. The van der Waals surface area contributed by atoms with Gasteiger partial charge in [-0.15, -0.1) is 0 Å². The maximum Gasteiger partial charge on any atom is 0.311 e. The molecule has 0 aromatic carbocycles. The minimum Gasteiger partial charge on any atom is -0.469 e. The zero-order valence-electron chi connectivity index (χ0n) is 8.79. The fraction of sp³-hybridized carbons (Fsp3) is 0.833. The van der Waals surface area contributed by atoms with Gasteiger partial charge >= 0.3 is 5.97 Å². The van der Waals surface area contributed by atoms with Crippen LogP contribution in [0.15, 0.2) is 0 Å². The fourth-order valence-corrected chi connectivity index (χ4v) is 5.25. The van der Waals surface area contributed by atoms with Gasteiger partial charge in [0, 0.05) is 11.8 Å². The number of methoxy groups -OCH3 is 1. The molecule has 0 saturated heterocycles. The van der Waals surface area contributed by atoms with E-state index in [1.165, 1.54) is 7.11 Å². The van der Waals surface area contributed by atoms with Crippen LogP contribution in [0.5, 0.6) is 0 Å². The third-order valence-corrected chi connectivity index (χ3v) is 5.76. The summed E-state index contributed by atoms with van der Waals surface area (Å²) in [5.41, 5.74) is -0.00370. The summed E-state index contributed by atoms with van der Waals surface area (Å²) in [7, 11) is 1.47. The lowest BCUT2D eigenvalue weighted by atomic mass is 9.38. The number of Topliss-reactive ketones (excluding diaryl/α,β-unsaturated/α-hetero) is 1. The molecule has 4 saturated carbocycles. The summed E-state index contributed by atoms with van der Waals surface area (Å²) in [6, 6.07) is 0. The highest BCUT2D eigenvalue weighted by Gasteiger charge is 2.83. The molecule has 4 fully saturated rings. The molecule has 80 valence electrons. The Bertz CT molecular complexity index is 402. The second-order valence-corrected chi connectivity index (χ2v) is 5.91. The van der Waals surface area contributed by atoms with Crippen LogP contribution in [0.3, 0.4) is 0 Å². The fourth-order valence-electron chi connectivity index (χ4n) is 5.25. The highest BCUT2D eigenvalue weighted by Crippen LogP contribution is 2.83. The van der Waals surface area contributed by atoms with Gasteiger partial charge < -0.3 is 4.74 Å². The predicted molar refractivity (Wildman–Crippen MR) is 50.8 cm³/mol. The predicted octanol–water partition coefficient (Wildman–Crippen LogP) is 1.16. The number of carbonyl (C=O) groups is 2. The van der Waals surface area contributed by atoms with E-state index in [0.29, 0.717) is 17.6 Å². The summed E-state index contributed by atoms with van der Waals surface area (Å²) in [6.45, 7) is 0. The van der Waals surface area contributed by atoms with E-state index in [-0.39, 0.29) is 22.7 Å². The lowest BCUT2D eigenvalue weighted by molar-refractivity contribution is -0.190. The van der Waals surface area contributed by atoms with Gasteiger partial charge in [0.2, 0.25) is 0 Å². The molecule has 2 bridgehead atoms. The molecule has 3 heteroatoms. The topological polar surface area (TPSA) is 43.4 Å². The van der Waals surface area contributed by atoms with Crippen molar-refractivity contribution < 1.29 is 14.3 Å². The average molecular weight is 206 g/mol. The van der Waals surface area contributed by atoms with Gasteiger partial charge in [-0.3, -0.25) is 9.59 Å². The lowest BCUT2D eigenvalue weighted by Gasteiger charge is -2.64. The van der Waals surface area contributed by atoms with Crippen LogP contribution < -0.4 is 0 Å². The zero-order chi connectivity index (χ0) is 10.4. The van der Waals surface area contributed by atoms with E-state index in [4.69, 9.17) is 4.74 Å². The maximum absolute atomic E-state index is 11.8. The molecular formula is C12H14O3. The number of hydrogen-bond donors (Lipinski definition) is 0. The van der Waals surface area contributed by atoms with Crippen molar-refractivity contribution in [2.45, 2.75) is 25.7 Å². The van der Waals surface area contributed by atoms with Crippen molar-refractivity contribution >= 4 is 11.8 Å². The van der Waals surface area contributed by atoms with Gasteiger partial charge in [0.1, 0.15) is 5.78 Å². The van der Waals surface area contributed by atoms with Gasteiger partial charge in [0.25, 0.3) is 0 Å². The smallest absolute Gasteiger partial charge is 0.311 e. The van der Waals surface area contributed by atoms with E-state index >= 15 is 0 Å². The third-order valence-electron chi connectivity index (χ3n) is 5.76. The Kier molecular flexibility index (Phi) is 1.11. The Hall–Kier alpha value is -0.860. The summed E-state index contributed by atoms with van der Waals surface area (Å²) >= 11 is 0. The molecule has 4 rings (SSSR count). The van der Waals surface area contributed by atoms with Crippen molar-refractivity contribution in [1.29, 1.82) is 0 Å². The Balaban J connectivity index is 1.78. The zero-order valence-corrected chi connectivity index (χ0v) is 8.79. The molecule has 0 radical (unpaired) electrons. The number of carbonyl (C=O) groups excluding carboxylic acids is 2. The Morgan fingerprint density at radius 2 is 2.20 bits per heavy atom. The van der Waals surface area contributed by atoms with Crippen LogP contribution in [0, 0.1) is 28.6 Å². The van der Waals surface area contributed by atoms with Crippen molar-refractivity contribution in [2.24, 2.45) is 28.6 Å². The lowest BCUT2D eigenvalue weighted by Crippen LogP contribution is -2.66. The van der Waals surface area contributed by atoms with Crippen LogP contribution >= 0.6 is 0 Å². The molecule has 0 aromatic heterocycles. The molecule has 0 N–H and O–H groups in total. The summed E-state index contributed by atoms with van der Waals surface area (Å²) < 4.78 is 4.93. The van der Waals surface area contributed by atoms with E-state index in [9.17, 15) is 9.59 Å². The monoisotopic (exact) mass is 206 g/mol. The molecule has 0 amide bonds. The van der Waals surface area contributed by atoms with Gasteiger partial charge in [0.15, 0.2) is 0 Å². The minimum absolute atomic E-state index is 0.0628. The second-order valence-electron chi connectivity index (χ2n) is 5.91. The molecule has 5 atom stereocenters. The Morgan fingerprint density at radius 1 is 1.40 bits per heavy atom. The van der Waals surface area contributed by atoms with Crippen LogP contribution in [0.4, 0.5) is 0 Å². The first-order chi connectivity index (χ1) is 7.14. The number of rotatable bonds is 1. The second kappa shape index (κ2) is 2.00. The van der Waals surface area contributed by atoms with E-state index in [2.05, 4.69) is 0 Å². The van der Waals surface area contributed by atoms with Crippen LogP contribution in [-0.2, 0) is 14.3 Å². The van der Waals surface area contributed by atoms with Gasteiger partial charge in [-0.1, -0.05) is 0 Å². The molecule has 4 aliphatic carbocycles. The minimum atomic E-state index is -0.273. The number of esters is 1. The molecule has 4 aliphatic rings. The van der Waals surface area contributed by atoms with Crippen LogP contribution in [0.2, 0.25) is 0 Å². The summed E-state index contributed by atoms with van der Waals surface area (Å²) in [5, 5.41) is 0. The van der Waals surface area contributed by atoms with E-state index in [1.807, 2.05) is 0 Å². The number of ether oxygens (including phenoxy) is 1. The molecule has 5 unspecified atom stereocenters. The van der Waals surface area contributed by atoms with Gasteiger partial charge in [0.05, 0.1) is 12.5 Å². The molecular weight excluding hydrogens is 192 g/mol. The van der Waals surface area contributed by atoms with E-state index in [1.54, 1.807) is 0 Å². The van der Waals surface area contributed by atoms with Crippen molar-refractivity contribution in [3.05, 3.63) is 0 Å². The van der Waals surface area contributed by atoms with Crippen molar-refractivity contribution in [3.8, 4) is 0 Å². The van der Waals surface area contributed by atoms with Gasteiger partial charge in [-0.2, -0.15) is 0 Å². The standard InChI is InChI=1S/C12H14O3/c1-15-10(14)11-3-6-2-7-9(13)8(4-11)12(6,7)5-11/h6-8H,2-5H2,1H3. The van der Waals surface area contributed by atoms with Crippen LogP contribution in [0.25, 0.3) is 0 Å². The molecule has 0 aliphatic heterocycles. The summed E-state index contributed by atoms with van der Waals surface area (Å²) in [6.07, 6.45) is 3.76. The number of fused-ring (bicyclic) bond motifs is 1. The largest absolute Gasteiger partial charge is 0.469 e. The average Bonchev–Trinajstić information content (AvgIpc) is 2.70. The Labute approximate surface area is 88.2 Å². The molecule has 0 heterocycles. The van der Waals surface area contributed by atoms with Crippen LogP contribution in [0.1, 0.15) is 25.7 Å². The molecule has 3 nitrogen and oxygen atoms in total. The van der Waals surface area contributed by atoms with E-state index in [0.717, 1.165) is 25.7 Å².